The van der Waals surface area contributed by atoms with E-state index in [1.165, 1.54) is 18.4 Å². The first-order valence-corrected chi connectivity index (χ1v) is 7.29. The van der Waals surface area contributed by atoms with Crippen LogP contribution in [0.1, 0.15) is 24.3 Å². The molecule has 0 radical (unpaired) electrons. The maximum absolute atomic E-state index is 5.17. The van der Waals surface area contributed by atoms with Gasteiger partial charge in [0.15, 0.2) is 5.65 Å². The zero-order chi connectivity index (χ0) is 13.4. The van der Waals surface area contributed by atoms with Gasteiger partial charge in [-0.1, -0.05) is 0 Å². The minimum absolute atomic E-state index is 0.378. The molecule has 6 heteroatoms. The topological polar surface area (TPSA) is 74.9 Å². The highest BCUT2D eigenvalue weighted by Gasteiger charge is 2.21. The van der Waals surface area contributed by atoms with Crippen LogP contribution in [0, 0.1) is 0 Å². The molecule has 2 aliphatic rings. The van der Waals surface area contributed by atoms with Gasteiger partial charge in [0.25, 0.3) is 0 Å². The largest absolute Gasteiger partial charge is 0.377 e. The number of hydrogen-bond donors (Lipinski definition) is 3. The molecule has 6 nitrogen and oxygen atoms in total. The van der Waals surface area contributed by atoms with E-state index in [-0.39, 0.29) is 0 Å². The number of aromatic nitrogens is 3. The number of aromatic amines is 1. The lowest BCUT2D eigenvalue weighted by atomic mass is 9.91. The van der Waals surface area contributed by atoms with Crippen molar-refractivity contribution < 1.29 is 4.74 Å². The Labute approximate surface area is 117 Å². The molecule has 2 aromatic heterocycles. The molecule has 4 rings (SSSR count). The van der Waals surface area contributed by atoms with E-state index in [9.17, 15) is 0 Å². The average molecular weight is 273 g/mol. The Morgan fingerprint density at radius 2 is 2.10 bits per heavy atom. The van der Waals surface area contributed by atoms with Crippen molar-refractivity contribution in [1.29, 1.82) is 0 Å². The van der Waals surface area contributed by atoms with E-state index in [0.29, 0.717) is 12.0 Å². The molecular formula is C14H19N5O. The predicted molar refractivity (Wildman–Crippen MR) is 77.0 cm³/mol. The standard InChI is InChI=1S/C14H19N5O/c1-3-15-4-2-9(1)11-5-16-14-13(11)19-12(6-17-14)18-10-7-20-8-10/h5-6,9-10,15H,1-4,7-8H2,(H,16,17)(H,18,19). The second-order valence-corrected chi connectivity index (χ2v) is 5.60. The number of hydrogen-bond acceptors (Lipinski definition) is 5. The third-order valence-electron chi connectivity index (χ3n) is 4.18. The first-order chi connectivity index (χ1) is 9.90. The Morgan fingerprint density at radius 3 is 2.85 bits per heavy atom. The summed E-state index contributed by atoms with van der Waals surface area (Å²) in [4.78, 5) is 12.5. The summed E-state index contributed by atoms with van der Waals surface area (Å²) in [5.41, 5.74) is 3.21. The fourth-order valence-corrected chi connectivity index (χ4v) is 2.95. The van der Waals surface area contributed by atoms with Crippen molar-refractivity contribution in [3.8, 4) is 0 Å². The minimum Gasteiger partial charge on any atom is -0.377 e. The summed E-state index contributed by atoms with van der Waals surface area (Å²) in [5, 5.41) is 6.77. The summed E-state index contributed by atoms with van der Waals surface area (Å²) < 4.78 is 5.17. The highest BCUT2D eigenvalue weighted by atomic mass is 16.5. The van der Waals surface area contributed by atoms with Crippen LogP contribution in [0.25, 0.3) is 11.2 Å². The van der Waals surface area contributed by atoms with Gasteiger partial charge in [-0.05, 0) is 31.8 Å². The van der Waals surface area contributed by atoms with Crippen molar-refractivity contribution in [2.75, 3.05) is 31.6 Å². The summed E-state index contributed by atoms with van der Waals surface area (Å²) in [6.45, 7) is 3.69. The molecule has 0 spiro atoms. The Balaban J connectivity index is 1.64. The fraction of sp³-hybridized carbons (Fsp3) is 0.571. The molecule has 0 atom stereocenters. The van der Waals surface area contributed by atoms with Crippen molar-refractivity contribution in [2.45, 2.75) is 24.8 Å². The van der Waals surface area contributed by atoms with Crippen LogP contribution in [0.2, 0.25) is 0 Å². The number of piperidine rings is 1. The van der Waals surface area contributed by atoms with Crippen LogP contribution in [0.4, 0.5) is 5.82 Å². The van der Waals surface area contributed by atoms with Crippen molar-refractivity contribution in [1.82, 2.24) is 20.3 Å². The van der Waals surface area contributed by atoms with Crippen LogP contribution in [-0.2, 0) is 4.74 Å². The van der Waals surface area contributed by atoms with Gasteiger partial charge in [-0.15, -0.1) is 0 Å². The predicted octanol–water partition coefficient (Wildman–Crippen LogP) is 1.24. The quantitative estimate of drug-likeness (QED) is 0.784. The molecule has 0 bridgehead atoms. The van der Waals surface area contributed by atoms with Gasteiger partial charge < -0.3 is 20.4 Å². The molecule has 4 heterocycles. The number of rotatable bonds is 3. The summed E-state index contributed by atoms with van der Waals surface area (Å²) in [6, 6.07) is 0.378. The van der Waals surface area contributed by atoms with E-state index in [0.717, 1.165) is 43.3 Å². The lowest BCUT2D eigenvalue weighted by Gasteiger charge is -2.27. The highest BCUT2D eigenvalue weighted by molar-refractivity contribution is 5.77. The second kappa shape index (κ2) is 5.03. The van der Waals surface area contributed by atoms with Gasteiger partial charge in [-0.3, -0.25) is 0 Å². The lowest BCUT2D eigenvalue weighted by molar-refractivity contribution is 0.0209. The van der Waals surface area contributed by atoms with Gasteiger partial charge in [-0.2, -0.15) is 0 Å². The number of fused-ring (bicyclic) bond motifs is 1. The van der Waals surface area contributed by atoms with E-state index >= 15 is 0 Å². The van der Waals surface area contributed by atoms with Crippen LogP contribution in [0.3, 0.4) is 0 Å². The van der Waals surface area contributed by atoms with Crippen LogP contribution in [0.5, 0.6) is 0 Å². The monoisotopic (exact) mass is 273 g/mol. The van der Waals surface area contributed by atoms with E-state index in [1.807, 2.05) is 0 Å². The van der Waals surface area contributed by atoms with Gasteiger partial charge in [0, 0.05) is 11.8 Å². The Kier molecular flexibility index (Phi) is 3.05. The number of anilines is 1. The molecule has 0 aromatic carbocycles. The lowest BCUT2D eigenvalue weighted by Crippen LogP contribution is -2.40. The van der Waals surface area contributed by atoms with E-state index in [2.05, 4.69) is 26.8 Å². The third-order valence-corrected chi connectivity index (χ3v) is 4.18. The molecule has 2 fully saturated rings. The average Bonchev–Trinajstić information content (AvgIpc) is 2.87. The van der Waals surface area contributed by atoms with E-state index in [1.54, 1.807) is 6.20 Å². The molecule has 0 unspecified atom stereocenters. The van der Waals surface area contributed by atoms with Crippen LogP contribution in [-0.4, -0.2) is 47.3 Å². The smallest absolute Gasteiger partial charge is 0.156 e. The van der Waals surface area contributed by atoms with Gasteiger partial charge in [0.1, 0.15) is 11.3 Å². The zero-order valence-corrected chi connectivity index (χ0v) is 11.4. The first-order valence-electron chi connectivity index (χ1n) is 7.29. The maximum atomic E-state index is 5.17. The number of H-pyrrole nitrogens is 1. The van der Waals surface area contributed by atoms with Crippen molar-refractivity contribution in [3.05, 3.63) is 18.0 Å². The van der Waals surface area contributed by atoms with E-state index in [4.69, 9.17) is 9.72 Å². The van der Waals surface area contributed by atoms with Gasteiger partial charge in [-0.25, -0.2) is 9.97 Å². The van der Waals surface area contributed by atoms with Crippen molar-refractivity contribution in [2.24, 2.45) is 0 Å². The van der Waals surface area contributed by atoms with Gasteiger partial charge in [0.05, 0.1) is 25.5 Å². The summed E-state index contributed by atoms with van der Waals surface area (Å²) in [5.74, 6) is 1.43. The van der Waals surface area contributed by atoms with Gasteiger partial charge >= 0.3 is 0 Å². The molecule has 0 saturated carbocycles. The second-order valence-electron chi connectivity index (χ2n) is 5.60. The first kappa shape index (κ1) is 12.1. The zero-order valence-electron chi connectivity index (χ0n) is 11.4. The minimum atomic E-state index is 0.378. The summed E-state index contributed by atoms with van der Waals surface area (Å²) in [6.07, 6.45) is 6.21. The highest BCUT2D eigenvalue weighted by Crippen LogP contribution is 2.30. The SMILES string of the molecule is c1nc2[nH]cc(C3CCNCC3)c2nc1NC1COC1. The summed E-state index contributed by atoms with van der Waals surface area (Å²) >= 11 is 0. The van der Waals surface area contributed by atoms with Crippen LogP contribution < -0.4 is 10.6 Å². The van der Waals surface area contributed by atoms with Crippen molar-refractivity contribution in [3.63, 3.8) is 0 Å². The molecule has 106 valence electrons. The maximum Gasteiger partial charge on any atom is 0.156 e. The fourth-order valence-electron chi connectivity index (χ4n) is 2.95. The Bertz CT molecular complexity index is 601. The number of nitrogens with zero attached hydrogens (tertiary/aromatic N) is 2. The molecule has 3 N–H and O–H groups in total. The third kappa shape index (κ3) is 2.14. The van der Waals surface area contributed by atoms with Crippen LogP contribution in [0.15, 0.2) is 12.4 Å². The molecule has 2 saturated heterocycles. The summed E-state index contributed by atoms with van der Waals surface area (Å²) in [7, 11) is 0. The Hall–Kier alpha value is -1.66. The molecule has 0 amide bonds. The van der Waals surface area contributed by atoms with E-state index < -0.39 is 0 Å². The normalized spacial score (nSPS) is 21.0. The van der Waals surface area contributed by atoms with Gasteiger partial charge in [0.2, 0.25) is 0 Å². The molecule has 0 aliphatic carbocycles. The molecule has 20 heavy (non-hydrogen) atoms. The van der Waals surface area contributed by atoms with Crippen LogP contribution >= 0.6 is 0 Å². The molecular weight excluding hydrogens is 254 g/mol. The number of nitrogens with one attached hydrogen (secondary N) is 3. The molecule has 2 aliphatic heterocycles. The number of ether oxygens (including phenoxy) is 1. The molecule has 2 aromatic rings. The van der Waals surface area contributed by atoms with Crippen molar-refractivity contribution >= 4 is 17.0 Å². The Morgan fingerprint density at radius 1 is 1.25 bits per heavy atom.